The number of methoxy groups -OCH3 is 1. The highest BCUT2D eigenvalue weighted by molar-refractivity contribution is 4.94. The molecule has 2 fully saturated rings. The van der Waals surface area contributed by atoms with Crippen molar-refractivity contribution in [2.75, 3.05) is 7.11 Å². The molecule has 0 aliphatic carbocycles. The van der Waals surface area contributed by atoms with Crippen molar-refractivity contribution in [2.45, 2.75) is 57.3 Å². The van der Waals surface area contributed by atoms with E-state index in [0.29, 0.717) is 0 Å². The summed E-state index contributed by atoms with van der Waals surface area (Å²) < 4.78 is 21.9. The van der Waals surface area contributed by atoms with Gasteiger partial charge in [-0.25, -0.2) is 0 Å². The van der Waals surface area contributed by atoms with E-state index in [0.717, 1.165) is 0 Å². The predicted molar refractivity (Wildman–Crippen MR) is 51.2 cm³/mol. The van der Waals surface area contributed by atoms with Gasteiger partial charge >= 0.3 is 0 Å². The van der Waals surface area contributed by atoms with Gasteiger partial charge in [0.15, 0.2) is 12.1 Å². The highest BCUT2D eigenvalue weighted by Gasteiger charge is 2.54. The standard InChI is InChI=1S/C10H18O5/c1-5-6(11)7-8(9(12-4)13-5)15-10(2,3)14-7/h5-9,11H,1-4H3. The molecule has 2 aliphatic rings. The van der Waals surface area contributed by atoms with Crippen molar-refractivity contribution in [3.05, 3.63) is 0 Å². The number of aliphatic hydroxyl groups excluding tert-OH is 1. The maximum Gasteiger partial charge on any atom is 0.186 e. The van der Waals surface area contributed by atoms with Crippen LogP contribution in [0.1, 0.15) is 20.8 Å². The Kier molecular flexibility index (Phi) is 2.77. The molecular weight excluding hydrogens is 200 g/mol. The summed E-state index contributed by atoms with van der Waals surface area (Å²) in [6.07, 6.45) is -2.21. The Morgan fingerprint density at radius 1 is 1.20 bits per heavy atom. The first kappa shape index (κ1) is 11.3. The Hall–Kier alpha value is -0.200. The van der Waals surface area contributed by atoms with E-state index in [4.69, 9.17) is 18.9 Å². The summed E-state index contributed by atoms with van der Waals surface area (Å²) >= 11 is 0. The molecule has 0 radical (unpaired) electrons. The van der Waals surface area contributed by atoms with Crippen molar-refractivity contribution in [3.8, 4) is 0 Å². The zero-order valence-corrected chi connectivity index (χ0v) is 9.47. The lowest BCUT2D eigenvalue weighted by atomic mass is 10.0. The van der Waals surface area contributed by atoms with Crippen LogP contribution in [0.3, 0.4) is 0 Å². The second kappa shape index (κ2) is 3.68. The number of rotatable bonds is 1. The van der Waals surface area contributed by atoms with Gasteiger partial charge < -0.3 is 24.1 Å². The second-order valence-corrected chi connectivity index (χ2v) is 4.50. The summed E-state index contributed by atoms with van der Waals surface area (Å²) in [4.78, 5) is 0. The zero-order valence-electron chi connectivity index (χ0n) is 9.47. The first-order valence-electron chi connectivity index (χ1n) is 5.16. The van der Waals surface area contributed by atoms with Crippen LogP contribution in [0.25, 0.3) is 0 Å². The molecule has 5 atom stereocenters. The van der Waals surface area contributed by atoms with Crippen molar-refractivity contribution in [2.24, 2.45) is 0 Å². The van der Waals surface area contributed by atoms with Gasteiger partial charge in [-0.2, -0.15) is 0 Å². The predicted octanol–water partition coefficient (Wildman–Crippen LogP) is 0.259. The fourth-order valence-electron chi connectivity index (χ4n) is 2.12. The van der Waals surface area contributed by atoms with Gasteiger partial charge in [0.25, 0.3) is 0 Å². The fraction of sp³-hybridized carbons (Fsp3) is 1.00. The smallest absolute Gasteiger partial charge is 0.186 e. The maximum atomic E-state index is 9.91. The van der Waals surface area contributed by atoms with Crippen LogP contribution in [0.4, 0.5) is 0 Å². The molecule has 0 saturated carbocycles. The zero-order chi connectivity index (χ0) is 11.2. The Labute approximate surface area is 89.3 Å². The van der Waals surface area contributed by atoms with E-state index in [1.807, 2.05) is 13.8 Å². The van der Waals surface area contributed by atoms with Gasteiger partial charge in [0, 0.05) is 7.11 Å². The quantitative estimate of drug-likeness (QED) is 0.684. The van der Waals surface area contributed by atoms with Crippen LogP contribution in [-0.2, 0) is 18.9 Å². The van der Waals surface area contributed by atoms with E-state index in [-0.39, 0.29) is 18.3 Å². The largest absolute Gasteiger partial charge is 0.388 e. The molecule has 5 unspecified atom stereocenters. The lowest BCUT2D eigenvalue weighted by Gasteiger charge is -2.37. The third-order valence-corrected chi connectivity index (χ3v) is 2.83. The topological polar surface area (TPSA) is 57.2 Å². The minimum absolute atomic E-state index is 0.311. The monoisotopic (exact) mass is 218 g/mol. The van der Waals surface area contributed by atoms with Crippen LogP contribution in [0.5, 0.6) is 0 Å². The summed E-state index contributed by atoms with van der Waals surface area (Å²) in [6, 6.07) is 0. The number of hydrogen-bond acceptors (Lipinski definition) is 5. The second-order valence-electron chi connectivity index (χ2n) is 4.50. The first-order chi connectivity index (χ1) is 6.94. The number of aliphatic hydroxyl groups is 1. The van der Waals surface area contributed by atoms with Crippen LogP contribution in [-0.4, -0.2) is 48.7 Å². The average Bonchev–Trinajstić information content (AvgIpc) is 2.48. The summed E-state index contributed by atoms with van der Waals surface area (Å²) in [7, 11) is 1.56. The molecule has 2 rings (SSSR count). The molecule has 1 N–H and O–H groups in total. The molecule has 0 aromatic carbocycles. The molecule has 88 valence electrons. The van der Waals surface area contributed by atoms with Gasteiger partial charge in [-0.1, -0.05) is 0 Å². The van der Waals surface area contributed by atoms with E-state index in [1.54, 1.807) is 14.0 Å². The van der Waals surface area contributed by atoms with Crippen LogP contribution < -0.4 is 0 Å². The fourth-order valence-corrected chi connectivity index (χ4v) is 2.12. The molecule has 2 heterocycles. The Morgan fingerprint density at radius 2 is 1.80 bits per heavy atom. The molecule has 0 aromatic rings. The summed E-state index contributed by atoms with van der Waals surface area (Å²) in [6.45, 7) is 5.42. The van der Waals surface area contributed by atoms with Crippen LogP contribution in [0.15, 0.2) is 0 Å². The van der Waals surface area contributed by atoms with Crippen molar-refractivity contribution >= 4 is 0 Å². The first-order valence-corrected chi connectivity index (χ1v) is 5.16. The SMILES string of the molecule is COC1OC(C)C(O)C2OC(C)(C)OC12. The van der Waals surface area contributed by atoms with E-state index < -0.39 is 18.2 Å². The third-order valence-electron chi connectivity index (χ3n) is 2.83. The lowest BCUT2D eigenvalue weighted by molar-refractivity contribution is -0.262. The minimum atomic E-state index is -0.694. The number of ether oxygens (including phenoxy) is 4. The van der Waals surface area contributed by atoms with E-state index in [2.05, 4.69) is 0 Å². The van der Waals surface area contributed by atoms with Gasteiger partial charge in [0.05, 0.1) is 6.10 Å². The van der Waals surface area contributed by atoms with Crippen LogP contribution >= 0.6 is 0 Å². The highest BCUT2D eigenvalue weighted by Crippen LogP contribution is 2.37. The molecule has 0 bridgehead atoms. The maximum absolute atomic E-state index is 9.91. The Bertz CT molecular complexity index is 234. The highest BCUT2D eigenvalue weighted by atomic mass is 16.8. The average molecular weight is 218 g/mol. The third kappa shape index (κ3) is 1.90. The van der Waals surface area contributed by atoms with E-state index >= 15 is 0 Å². The van der Waals surface area contributed by atoms with Crippen molar-refractivity contribution in [3.63, 3.8) is 0 Å². The number of fused-ring (bicyclic) bond motifs is 1. The molecule has 0 spiro atoms. The molecule has 2 saturated heterocycles. The molecule has 2 aliphatic heterocycles. The van der Waals surface area contributed by atoms with Crippen molar-refractivity contribution < 1.29 is 24.1 Å². The van der Waals surface area contributed by atoms with Crippen molar-refractivity contribution in [1.29, 1.82) is 0 Å². The Balaban J connectivity index is 2.18. The lowest BCUT2D eigenvalue weighted by Crippen LogP contribution is -2.55. The van der Waals surface area contributed by atoms with E-state index in [9.17, 15) is 5.11 Å². The molecule has 0 amide bonds. The van der Waals surface area contributed by atoms with Crippen LogP contribution in [0.2, 0.25) is 0 Å². The van der Waals surface area contributed by atoms with Gasteiger partial charge in [-0.3, -0.25) is 0 Å². The normalized spacial score (nSPS) is 49.0. The summed E-state index contributed by atoms with van der Waals surface area (Å²) in [5.41, 5.74) is 0. The minimum Gasteiger partial charge on any atom is -0.388 e. The molecule has 0 aromatic heterocycles. The van der Waals surface area contributed by atoms with Crippen LogP contribution in [0, 0.1) is 0 Å². The van der Waals surface area contributed by atoms with Gasteiger partial charge in [-0.05, 0) is 20.8 Å². The van der Waals surface area contributed by atoms with E-state index in [1.165, 1.54) is 0 Å². The van der Waals surface area contributed by atoms with Gasteiger partial charge in [-0.15, -0.1) is 0 Å². The molecule has 5 heteroatoms. The van der Waals surface area contributed by atoms with Gasteiger partial charge in [0.2, 0.25) is 0 Å². The molecule has 15 heavy (non-hydrogen) atoms. The number of hydrogen-bond donors (Lipinski definition) is 1. The molecular formula is C10H18O5. The Morgan fingerprint density at radius 3 is 2.40 bits per heavy atom. The van der Waals surface area contributed by atoms with Crippen molar-refractivity contribution in [1.82, 2.24) is 0 Å². The summed E-state index contributed by atoms with van der Waals surface area (Å²) in [5.74, 6) is -0.694. The molecule has 5 nitrogen and oxygen atoms in total. The summed E-state index contributed by atoms with van der Waals surface area (Å²) in [5, 5.41) is 9.91. The van der Waals surface area contributed by atoms with Gasteiger partial charge in [0.1, 0.15) is 18.3 Å².